The summed E-state index contributed by atoms with van der Waals surface area (Å²) in [4.78, 5) is 27.7. The van der Waals surface area contributed by atoms with Gasteiger partial charge < -0.3 is 20.7 Å². The maximum absolute atomic E-state index is 13.3. The van der Waals surface area contributed by atoms with Gasteiger partial charge in [-0.1, -0.05) is 62.2 Å². The van der Waals surface area contributed by atoms with Crippen LogP contribution in [0.15, 0.2) is 54.6 Å². The number of hydrogen-bond acceptors (Lipinski definition) is 4. The maximum atomic E-state index is 13.3. The average molecular weight is 438 g/mol. The molecule has 172 valence electrons. The molecule has 0 saturated carbocycles. The highest BCUT2D eigenvalue weighted by molar-refractivity contribution is 5.88. The third kappa shape index (κ3) is 7.09. The highest BCUT2D eigenvalue weighted by atomic mass is 16.5. The zero-order chi connectivity index (χ0) is 22.8. The quantitative estimate of drug-likeness (QED) is 0.551. The second-order valence-corrected chi connectivity index (χ2v) is 8.49. The van der Waals surface area contributed by atoms with Crippen LogP contribution >= 0.6 is 0 Å². The number of nitrogens with two attached hydrogens (primary N) is 1. The van der Waals surface area contributed by atoms with Gasteiger partial charge in [0.25, 0.3) is 0 Å². The predicted molar refractivity (Wildman–Crippen MR) is 126 cm³/mol. The Morgan fingerprint density at radius 3 is 2.56 bits per heavy atom. The monoisotopic (exact) mass is 437 g/mol. The molecule has 2 aromatic carbocycles. The third-order valence-electron chi connectivity index (χ3n) is 5.79. The number of amides is 2. The summed E-state index contributed by atoms with van der Waals surface area (Å²) < 4.78 is 5.86. The van der Waals surface area contributed by atoms with Crippen molar-refractivity contribution in [3.8, 4) is 5.75 Å². The fourth-order valence-electron chi connectivity index (χ4n) is 3.95. The number of nitrogens with one attached hydrogen (secondary N) is 1. The van der Waals surface area contributed by atoms with E-state index in [2.05, 4.69) is 12.2 Å². The van der Waals surface area contributed by atoms with Crippen molar-refractivity contribution >= 4 is 11.8 Å². The number of nitrogens with zero attached hydrogens (tertiary/aromatic N) is 1. The minimum atomic E-state index is -0.711. The first-order chi connectivity index (χ1) is 15.6. The van der Waals surface area contributed by atoms with Crippen LogP contribution in [0.5, 0.6) is 5.75 Å². The number of ether oxygens (including phenoxy) is 1. The van der Waals surface area contributed by atoms with Crippen LogP contribution in [-0.4, -0.2) is 35.8 Å². The Hall–Kier alpha value is -2.86. The van der Waals surface area contributed by atoms with Gasteiger partial charge in [-0.3, -0.25) is 9.59 Å². The van der Waals surface area contributed by atoms with Gasteiger partial charge in [-0.25, -0.2) is 0 Å². The van der Waals surface area contributed by atoms with Gasteiger partial charge >= 0.3 is 0 Å². The molecule has 2 amide bonds. The molecule has 3 rings (SSSR count). The lowest BCUT2D eigenvalue weighted by molar-refractivity contribution is -0.137. The number of piperidine rings is 1. The van der Waals surface area contributed by atoms with Crippen LogP contribution in [0.25, 0.3) is 0 Å². The van der Waals surface area contributed by atoms with Gasteiger partial charge in [0.2, 0.25) is 11.8 Å². The normalized spacial score (nSPS) is 16.9. The van der Waals surface area contributed by atoms with Crippen molar-refractivity contribution in [3.63, 3.8) is 0 Å². The summed E-state index contributed by atoms with van der Waals surface area (Å²) in [7, 11) is 0. The van der Waals surface area contributed by atoms with Crippen LogP contribution in [0, 0.1) is 0 Å². The molecule has 1 heterocycles. The Kier molecular flexibility index (Phi) is 9.11. The largest absolute Gasteiger partial charge is 0.489 e. The van der Waals surface area contributed by atoms with Gasteiger partial charge in [0.05, 0.1) is 0 Å². The number of unbranched alkanes of at least 4 members (excludes halogenated alkanes) is 2. The molecular weight excluding hydrogens is 402 g/mol. The molecule has 0 aliphatic carbocycles. The lowest BCUT2D eigenvalue weighted by atomic mass is 10.0. The number of carbonyl (C=O) groups is 2. The van der Waals surface area contributed by atoms with Crippen molar-refractivity contribution < 1.29 is 14.3 Å². The van der Waals surface area contributed by atoms with Gasteiger partial charge in [0.1, 0.15) is 18.4 Å². The van der Waals surface area contributed by atoms with E-state index in [1.807, 2.05) is 54.6 Å². The highest BCUT2D eigenvalue weighted by Crippen LogP contribution is 2.23. The van der Waals surface area contributed by atoms with Crippen LogP contribution < -0.4 is 15.8 Å². The molecule has 6 nitrogen and oxygen atoms in total. The van der Waals surface area contributed by atoms with E-state index in [0.717, 1.165) is 49.0 Å². The van der Waals surface area contributed by atoms with Gasteiger partial charge in [0.15, 0.2) is 0 Å². The zero-order valence-electron chi connectivity index (χ0n) is 19.0. The van der Waals surface area contributed by atoms with Gasteiger partial charge in [0, 0.05) is 25.6 Å². The van der Waals surface area contributed by atoms with Crippen LogP contribution in [0.3, 0.4) is 0 Å². The van der Waals surface area contributed by atoms with E-state index in [9.17, 15) is 9.59 Å². The SMILES string of the molecule is CCCCCC(=O)N[C@H](C(=O)N1CCC[C@@H](N)C1)c1ccc(OCc2ccccc2)cc1. The van der Waals surface area contributed by atoms with Gasteiger partial charge in [-0.15, -0.1) is 0 Å². The number of rotatable bonds is 10. The van der Waals surface area contributed by atoms with Crippen molar-refractivity contribution in [1.82, 2.24) is 10.2 Å². The molecule has 2 atom stereocenters. The molecule has 1 saturated heterocycles. The molecule has 0 spiro atoms. The van der Waals surface area contributed by atoms with Crippen LogP contribution in [0.1, 0.15) is 62.6 Å². The second-order valence-electron chi connectivity index (χ2n) is 8.49. The molecule has 3 N–H and O–H groups in total. The van der Waals surface area contributed by atoms with E-state index in [0.29, 0.717) is 26.1 Å². The molecule has 2 aromatic rings. The molecule has 0 aromatic heterocycles. The molecule has 1 fully saturated rings. The van der Waals surface area contributed by atoms with E-state index in [1.165, 1.54) is 0 Å². The summed E-state index contributed by atoms with van der Waals surface area (Å²) >= 11 is 0. The summed E-state index contributed by atoms with van der Waals surface area (Å²) in [6, 6.07) is 16.7. The first-order valence-electron chi connectivity index (χ1n) is 11.7. The first kappa shape index (κ1) is 23.8. The lowest BCUT2D eigenvalue weighted by Gasteiger charge is -2.33. The summed E-state index contributed by atoms with van der Waals surface area (Å²) in [5.74, 6) is 0.530. The number of likely N-dealkylation sites (tertiary alicyclic amines) is 1. The Balaban J connectivity index is 1.69. The van der Waals surface area contributed by atoms with Crippen molar-refractivity contribution in [2.75, 3.05) is 13.1 Å². The molecule has 0 unspecified atom stereocenters. The van der Waals surface area contributed by atoms with Crippen LogP contribution in [0.4, 0.5) is 0 Å². The van der Waals surface area contributed by atoms with Gasteiger partial charge in [-0.2, -0.15) is 0 Å². The molecular formula is C26H35N3O3. The fraction of sp³-hybridized carbons (Fsp3) is 0.462. The Morgan fingerprint density at radius 2 is 1.88 bits per heavy atom. The van der Waals surface area contributed by atoms with Crippen molar-refractivity contribution in [2.24, 2.45) is 5.73 Å². The lowest BCUT2D eigenvalue weighted by Crippen LogP contribution is -2.50. The molecule has 6 heteroatoms. The molecule has 1 aliphatic heterocycles. The summed E-state index contributed by atoms with van der Waals surface area (Å²) in [6.45, 7) is 3.78. The fourth-order valence-corrected chi connectivity index (χ4v) is 3.95. The minimum absolute atomic E-state index is 0.0117. The van der Waals surface area contributed by atoms with Crippen molar-refractivity contribution in [3.05, 3.63) is 65.7 Å². The summed E-state index contributed by atoms with van der Waals surface area (Å²) in [5, 5.41) is 2.97. The van der Waals surface area contributed by atoms with Crippen molar-refractivity contribution in [1.29, 1.82) is 0 Å². The molecule has 1 aliphatic rings. The topological polar surface area (TPSA) is 84.7 Å². The Morgan fingerprint density at radius 1 is 1.12 bits per heavy atom. The minimum Gasteiger partial charge on any atom is -0.489 e. The summed E-state index contributed by atoms with van der Waals surface area (Å²) in [6.07, 6.45) is 5.10. The number of carbonyl (C=O) groups excluding carboxylic acids is 2. The first-order valence-corrected chi connectivity index (χ1v) is 11.7. The van der Waals surface area contributed by atoms with Crippen LogP contribution in [0.2, 0.25) is 0 Å². The third-order valence-corrected chi connectivity index (χ3v) is 5.79. The van der Waals surface area contributed by atoms with Crippen LogP contribution in [-0.2, 0) is 16.2 Å². The molecule has 0 radical (unpaired) electrons. The molecule has 32 heavy (non-hydrogen) atoms. The van der Waals surface area contributed by atoms with Crippen molar-refractivity contribution in [2.45, 2.75) is 64.1 Å². The number of benzene rings is 2. The molecule has 0 bridgehead atoms. The van der Waals surface area contributed by atoms with E-state index in [4.69, 9.17) is 10.5 Å². The van der Waals surface area contributed by atoms with E-state index in [-0.39, 0.29) is 17.9 Å². The van der Waals surface area contributed by atoms with Gasteiger partial charge in [-0.05, 0) is 42.5 Å². The zero-order valence-corrected chi connectivity index (χ0v) is 19.0. The standard InChI is InChI=1S/C26H35N3O3/c1-2-3-5-12-24(30)28-25(26(31)29-17-8-11-22(27)18-29)21-13-15-23(16-14-21)32-19-20-9-6-4-7-10-20/h4,6-7,9-10,13-16,22,25H,2-3,5,8,11-12,17-19,27H2,1H3,(H,28,30)/t22-,25+/m1/s1. The van der Waals surface area contributed by atoms with E-state index >= 15 is 0 Å². The van der Waals surface area contributed by atoms with E-state index in [1.54, 1.807) is 4.90 Å². The Bertz CT molecular complexity index is 854. The Labute approximate surface area is 191 Å². The highest BCUT2D eigenvalue weighted by Gasteiger charge is 2.30. The average Bonchev–Trinajstić information content (AvgIpc) is 2.82. The predicted octanol–water partition coefficient (Wildman–Crippen LogP) is 3.95. The smallest absolute Gasteiger partial charge is 0.249 e. The van der Waals surface area contributed by atoms with E-state index < -0.39 is 6.04 Å². The maximum Gasteiger partial charge on any atom is 0.249 e. The summed E-state index contributed by atoms with van der Waals surface area (Å²) in [5.41, 5.74) is 7.93. The number of hydrogen-bond donors (Lipinski definition) is 2. The second kappa shape index (κ2) is 12.2.